The molecule has 1 aliphatic carbocycles. The Kier molecular flexibility index (Phi) is 6.59. The van der Waals surface area contributed by atoms with E-state index in [-0.39, 0.29) is 24.5 Å². The van der Waals surface area contributed by atoms with Crippen molar-refractivity contribution in [3.63, 3.8) is 0 Å². The predicted molar refractivity (Wildman–Crippen MR) is 114 cm³/mol. The number of fused-ring (bicyclic) bond motifs is 1. The number of ether oxygens (including phenoxy) is 1. The molecule has 1 aromatic carbocycles. The molecule has 0 fully saturated rings. The highest BCUT2D eigenvalue weighted by Crippen LogP contribution is 2.39. The molecule has 8 heteroatoms. The average molecular weight is 435 g/mol. The number of amides is 2. The molecule has 2 aromatic rings. The highest BCUT2D eigenvalue weighted by Gasteiger charge is 2.27. The van der Waals surface area contributed by atoms with Gasteiger partial charge in [-0.05, 0) is 48.9 Å². The molecule has 0 saturated heterocycles. The Morgan fingerprint density at radius 2 is 2.07 bits per heavy atom. The van der Waals surface area contributed by atoms with E-state index in [9.17, 15) is 14.4 Å². The zero-order chi connectivity index (χ0) is 21.1. The Balaban J connectivity index is 1.70. The maximum absolute atomic E-state index is 12.5. The zero-order valence-corrected chi connectivity index (χ0v) is 17.9. The van der Waals surface area contributed by atoms with Crippen LogP contribution in [0, 0.1) is 5.92 Å². The monoisotopic (exact) mass is 434 g/mol. The summed E-state index contributed by atoms with van der Waals surface area (Å²) < 4.78 is 5.19. The topological polar surface area (TPSA) is 98.5 Å². The number of rotatable bonds is 7. The van der Waals surface area contributed by atoms with Gasteiger partial charge in [-0.2, -0.15) is 0 Å². The lowest BCUT2D eigenvalue weighted by atomic mass is 9.88. The van der Waals surface area contributed by atoms with Gasteiger partial charge in [0.2, 0.25) is 5.91 Å². The third-order valence-electron chi connectivity index (χ3n) is 5.05. The van der Waals surface area contributed by atoms with Gasteiger partial charge in [0.25, 0.3) is 5.91 Å². The zero-order valence-electron chi connectivity index (χ0n) is 16.3. The minimum absolute atomic E-state index is 0.00341. The first-order valence-electron chi connectivity index (χ1n) is 9.41. The quantitative estimate of drug-likeness (QED) is 0.637. The van der Waals surface area contributed by atoms with Gasteiger partial charge >= 0.3 is 0 Å². The second-order valence-corrected chi connectivity index (χ2v) is 8.78. The molecule has 29 heavy (non-hydrogen) atoms. The van der Waals surface area contributed by atoms with Crippen molar-refractivity contribution in [2.45, 2.75) is 39.0 Å². The summed E-state index contributed by atoms with van der Waals surface area (Å²) in [6, 6.07) is 4.78. The van der Waals surface area contributed by atoms with E-state index in [0.29, 0.717) is 32.8 Å². The SMILES string of the molecule is COc1ccc(Cl)cc1C(=O)CCC(=O)Nc1sc2c(c1C(N)=O)CCC(C)C2. The van der Waals surface area contributed by atoms with Gasteiger partial charge in [0.15, 0.2) is 5.78 Å². The van der Waals surface area contributed by atoms with E-state index in [1.807, 2.05) is 0 Å². The smallest absolute Gasteiger partial charge is 0.251 e. The number of carbonyl (C=O) groups excluding carboxylic acids is 3. The number of methoxy groups -OCH3 is 1. The number of hydrogen-bond donors (Lipinski definition) is 2. The molecule has 0 bridgehead atoms. The molecule has 2 amide bonds. The molecule has 1 unspecified atom stereocenters. The molecule has 0 spiro atoms. The number of Topliss-reactive ketones (excluding diaryl/α,β-unsaturated/α-hetero) is 1. The maximum Gasteiger partial charge on any atom is 0.251 e. The van der Waals surface area contributed by atoms with Crippen molar-refractivity contribution in [3.8, 4) is 5.75 Å². The molecule has 0 aliphatic heterocycles. The van der Waals surface area contributed by atoms with Crippen molar-refractivity contribution < 1.29 is 19.1 Å². The van der Waals surface area contributed by atoms with Crippen LogP contribution in [0.3, 0.4) is 0 Å². The Morgan fingerprint density at radius 1 is 1.31 bits per heavy atom. The first-order chi connectivity index (χ1) is 13.8. The Bertz CT molecular complexity index is 970. The summed E-state index contributed by atoms with van der Waals surface area (Å²) in [6.45, 7) is 2.17. The van der Waals surface area contributed by atoms with Crippen LogP contribution >= 0.6 is 22.9 Å². The number of thiophene rings is 1. The lowest BCUT2D eigenvalue weighted by molar-refractivity contribution is -0.116. The third kappa shape index (κ3) is 4.79. The number of halogens is 1. The molecule has 154 valence electrons. The van der Waals surface area contributed by atoms with Gasteiger partial charge in [-0.15, -0.1) is 11.3 Å². The molecule has 0 radical (unpaired) electrons. The van der Waals surface area contributed by atoms with Crippen LogP contribution in [0.2, 0.25) is 5.02 Å². The fourth-order valence-electron chi connectivity index (χ4n) is 3.55. The number of anilines is 1. The number of nitrogens with one attached hydrogen (secondary N) is 1. The highest BCUT2D eigenvalue weighted by atomic mass is 35.5. The number of carbonyl (C=O) groups is 3. The van der Waals surface area contributed by atoms with Gasteiger partial charge in [0, 0.05) is 22.7 Å². The van der Waals surface area contributed by atoms with E-state index in [1.54, 1.807) is 12.1 Å². The summed E-state index contributed by atoms with van der Waals surface area (Å²) in [5.41, 5.74) is 7.28. The number of benzene rings is 1. The third-order valence-corrected chi connectivity index (χ3v) is 6.46. The summed E-state index contributed by atoms with van der Waals surface area (Å²) in [6.07, 6.45) is 2.63. The van der Waals surface area contributed by atoms with E-state index < -0.39 is 5.91 Å². The summed E-state index contributed by atoms with van der Waals surface area (Å²) in [7, 11) is 1.47. The maximum atomic E-state index is 12.5. The molecule has 1 aromatic heterocycles. The minimum Gasteiger partial charge on any atom is -0.496 e. The van der Waals surface area contributed by atoms with Crippen molar-refractivity contribution in [1.29, 1.82) is 0 Å². The summed E-state index contributed by atoms with van der Waals surface area (Å²) in [5.74, 6) is -0.166. The average Bonchev–Trinajstić information content (AvgIpc) is 3.02. The van der Waals surface area contributed by atoms with Crippen LogP contribution in [0.1, 0.15) is 57.3 Å². The van der Waals surface area contributed by atoms with E-state index in [4.69, 9.17) is 22.1 Å². The lowest BCUT2D eigenvalue weighted by Gasteiger charge is -2.18. The standard InChI is InChI=1S/C21H23ClN2O4S/c1-11-3-5-13-17(9-11)29-21(19(13)20(23)27)24-18(26)8-6-15(25)14-10-12(22)4-7-16(14)28-2/h4,7,10-11H,3,5-6,8-9H2,1-2H3,(H2,23,27)(H,24,26). The minimum atomic E-state index is -0.535. The van der Waals surface area contributed by atoms with Crippen LogP contribution in [-0.4, -0.2) is 24.7 Å². The van der Waals surface area contributed by atoms with Crippen LogP contribution in [0.25, 0.3) is 0 Å². The van der Waals surface area contributed by atoms with Gasteiger partial charge in [-0.25, -0.2) is 0 Å². The highest BCUT2D eigenvalue weighted by molar-refractivity contribution is 7.17. The second kappa shape index (κ2) is 8.97. The number of nitrogens with two attached hydrogens (primary N) is 1. The summed E-state index contributed by atoms with van der Waals surface area (Å²) in [4.78, 5) is 38.0. The Hall–Kier alpha value is -2.38. The molecule has 6 nitrogen and oxygen atoms in total. The lowest BCUT2D eigenvalue weighted by Crippen LogP contribution is -2.19. The van der Waals surface area contributed by atoms with E-state index in [1.165, 1.54) is 24.5 Å². The van der Waals surface area contributed by atoms with Gasteiger partial charge in [-0.3, -0.25) is 14.4 Å². The van der Waals surface area contributed by atoms with Crippen LogP contribution in [0.4, 0.5) is 5.00 Å². The van der Waals surface area contributed by atoms with Gasteiger partial charge in [0.05, 0.1) is 18.2 Å². The van der Waals surface area contributed by atoms with Gasteiger partial charge < -0.3 is 15.8 Å². The second-order valence-electron chi connectivity index (χ2n) is 7.24. The van der Waals surface area contributed by atoms with E-state index in [2.05, 4.69) is 12.2 Å². The fourth-order valence-corrected chi connectivity index (χ4v) is 5.15. The molecular formula is C21H23ClN2O4S. The van der Waals surface area contributed by atoms with Crippen LogP contribution < -0.4 is 15.8 Å². The molecule has 3 N–H and O–H groups in total. The number of ketones is 1. The number of hydrogen-bond acceptors (Lipinski definition) is 5. The molecule has 3 rings (SSSR count). The van der Waals surface area contributed by atoms with Gasteiger partial charge in [0.1, 0.15) is 10.8 Å². The van der Waals surface area contributed by atoms with Crippen molar-refractivity contribution >= 4 is 45.5 Å². The van der Waals surface area contributed by atoms with E-state index >= 15 is 0 Å². The van der Waals surface area contributed by atoms with Crippen LogP contribution in [-0.2, 0) is 17.6 Å². The normalized spacial score (nSPS) is 15.5. The fraction of sp³-hybridized carbons (Fsp3) is 0.381. The largest absolute Gasteiger partial charge is 0.496 e. The van der Waals surface area contributed by atoms with Crippen molar-refractivity contribution in [3.05, 3.63) is 44.8 Å². The molecular weight excluding hydrogens is 412 g/mol. The molecule has 1 atom stereocenters. The number of primary amides is 1. The van der Waals surface area contributed by atoms with Gasteiger partial charge in [-0.1, -0.05) is 18.5 Å². The first-order valence-corrected chi connectivity index (χ1v) is 10.6. The van der Waals surface area contributed by atoms with Crippen molar-refractivity contribution in [2.75, 3.05) is 12.4 Å². The van der Waals surface area contributed by atoms with Crippen LogP contribution in [0.15, 0.2) is 18.2 Å². The first kappa shape index (κ1) is 21.3. The molecule has 1 aliphatic rings. The molecule has 1 heterocycles. The van der Waals surface area contributed by atoms with Crippen molar-refractivity contribution in [2.24, 2.45) is 11.7 Å². The summed E-state index contributed by atoms with van der Waals surface area (Å²) >= 11 is 7.37. The van der Waals surface area contributed by atoms with Crippen LogP contribution in [0.5, 0.6) is 5.75 Å². The summed E-state index contributed by atoms with van der Waals surface area (Å²) in [5, 5.41) is 3.68. The Morgan fingerprint density at radius 3 is 2.76 bits per heavy atom. The Labute approximate surface area is 178 Å². The van der Waals surface area contributed by atoms with Crippen molar-refractivity contribution in [1.82, 2.24) is 0 Å². The molecule has 0 saturated carbocycles. The van der Waals surface area contributed by atoms with E-state index in [0.717, 1.165) is 29.7 Å². The predicted octanol–water partition coefficient (Wildman–Crippen LogP) is 4.24.